The molecule has 0 spiro atoms. The summed E-state index contributed by atoms with van der Waals surface area (Å²) in [5.41, 5.74) is 0. The number of nitrogens with zero attached hydrogens (tertiary/aromatic N) is 1. The van der Waals surface area contributed by atoms with Crippen LogP contribution in [0.3, 0.4) is 0 Å². The molecule has 0 aromatic carbocycles. The Hall–Kier alpha value is -0.0900. The highest BCUT2D eigenvalue weighted by Gasteiger charge is 2.16. The van der Waals surface area contributed by atoms with Gasteiger partial charge in [-0.15, -0.1) is 0 Å². The summed E-state index contributed by atoms with van der Waals surface area (Å²) in [4.78, 5) is 2.31. The third kappa shape index (κ3) is 7.23. The van der Waals surface area contributed by atoms with Crippen LogP contribution in [0.4, 0.5) is 0 Å². The Labute approximate surface area is 101 Å². The Balaban J connectivity index is 4.30. The van der Waals surface area contributed by atoms with Crippen molar-refractivity contribution in [1.29, 1.82) is 0 Å². The van der Waals surface area contributed by atoms with E-state index in [1.807, 2.05) is 0 Å². The summed E-state index contributed by atoms with van der Waals surface area (Å²) in [7, 11) is -2.83. The van der Waals surface area contributed by atoms with Crippen molar-refractivity contribution in [3.05, 3.63) is 0 Å². The van der Waals surface area contributed by atoms with E-state index in [2.05, 4.69) is 25.7 Å². The predicted octanol–water partition coefficient (Wildman–Crippen LogP) is 2.32. The van der Waals surface area contributed by atoms with Crippen LogP contribution in [0.1, 0.15) is 46.5 Å². The minimum atomic E-state index is -2.83. The van der Waals surface area contributed by atoms with Crippen LogP contribution in [0.15, 0.2) is 0 Å². The van der Waals surface area contributed by atoms with Crippen molar-refractivity contribution in [2.24, 2.45) is 0 Å². The van der Waals surface area contributed by atoms with Gasteiger partial charge < -0.3 is 0 Å². The van der Waals surface area contributed by atoms with Crippen LogP contribution in [0, 0.1) is 0 Å². The van der Waals surface area contributed by atoms with Crippen LogP contribution in [0.25, 0.3) is 0 Å². The molecule has 16 heavy (non-hydrogen) atoms. The SMILES string of the molecule is CCCC(CCC)N(CC)CCS(C)(=O)=O. The third-order valence-electron chi connectivity index (χ3n) is 2.92. The van der Waals surface area contributed by atoms with Gasteiger partial charge in [-0.25, -0.2) is 8.42 Å². The Kier molecular flexibility index (Phi) is 8.02. The van der Waals surface area contributed by atoms with Gasteiger partial charge in [-0.2, -0.15) is 0 Å². The van der Waals surface area contributed by atoms with Crippen molar-refractivity contribution < 1.29 is 8.42 Å². The molecule has 0 radical (unpaired) electrons. The minimum absolute atomic E-state index is 0.283. The van der Waals surface area contributed by atoms with Gasteiger partial charge >= 0.3 is 0 Å². The van der Waals surface area contributed by atoms with E-state index in [1.165, 1.54) is 31.9 Å². The highest BCUT2D eigenvalue weighted by Crippen LogP contribution is 2.13. The summed E-state index contributed by atoms with van der Waals surface area (Å²) < 4.78 is 22.3. The highest BCUT2D eigenvalue weighted by atomic mass is 32.2. The fraction of sp³-hybridized carbons (Fsp3) is 1.00. The summed E-state index contributed by atoms with van der Waals surface area (Å²) in [6.07, 6.45) is 5.99. The van der Waals surface area contributed by atoms with E-state index in [9.17, 15) is 8.42 Å². The molecule has 0 saturated heterocycles. The summed E-state index contributed by atoms with van der Waals surface area (Å²) in [5.74, 6) is 0.283. The van der Waals surface area contributed by atoms with Gasteiger partial charge in [-0.05, 0) is 19.4 Å². The number of hydrogen-bond donors (Lipinski definition) is 0. The highest BCUT2D eigenvalue weighted by molar-refractivity contribution is 7.90. The molecular formula is C12H27NO2S. The van der Waals surface area contributed by atoms with Crippen LogP contribution in [0.2, 0.25) is 0 Å². The van der Waals surface area contributed by atoms with E-state index in [0.29, 0.717) is 12.6 Å². The first kappa shape index (κ1) is 15.9. The molecule has 0 bridgehead atoms. The fourth-order valence-corrected chi connectivity index (χ4v) is 2.62. The molecule has 0 rings (SSSR count). The van der Waals surface area contributed by atoms with Gasteiger partial charge in [0, 0.05) is 18.8 Å². The average Bonchev–Trinajstić information content (AvgIpc) is 2.17. The molecule has 0 aliphatic heterocycles. The van der Waals surface area contributed by atoms with Crippen LogP contribution in [0.5, 0.6) is 0 Å². The van der Waals surface area contributed by atoms with Gasteiger partial charge in [0.1, 0.15) is 9.84 Å². The maximum Gasteiger partial charge on any atom is 0.148 e. The molecule has 0 aliphatic rings. The van der Waals surface area contributed by atoms with Crippen LogP contribution in [-0.2, 0) is 9.84 Å². The van der Waals surface area contributed by atoms with E-state index < -0.39 is 9.84 Å². The molecule has 3 nitrogen and oxygen atoms in total. The molecule has 0 atom stereocenters. The molecule has 0 amide bonds. The Morgan fingerprint density at radius 3 is 1.88 bits per heavy atom. The molecule has 0 aromatic heterocycles. The second-order valence-electron chi connectivity index (χ2n) is 4.49. The topological polar surface area (TPSA) is 37.4 Å². The van der Waals surface area contributed by atoms with Crippen LogP contribution >= 0.6 is 0 Å². The summed E-state index contributed by atoms with van der Waals surface area (Å²) in [6.45, 7) is 8.11. The number of rotatable bonds is 9. The van der Waals surface area contributed by atoms with Crippen molar-refractivity contribution in [1.82, 2.24) is 4.90 Å². The number of hydrogen-bond acceptors (Lipinski definition) is 3. The smallest absolute Gasteiger partial charge is 0.148 e. The second-order valence-corrected chi connectivity index (χ2v) is 6.75. The van der Waals surface area contributed by atoms with Gasteiger partial charge in [0.15, 0.2) is 0 Å². The summed E-state index contributed by atoms with van der Waals surface area (Å²) in [5, 5.41) is 0. The van der Waals surface area contributed by atoms with Gasteiger partial charge in [0.25, 0.3) is 0 Å². The Morgan fingerprint density at radius 2 is 1.56 bits per heavy atom. The second kappa shape index (κ2) is 8.07. The zero-order valence-corrected chi connectivity index (χ0v) is 12.0. The zero-order valence-electron chi connectivity index (χ0n) is 11.2. The normalized spacial score (nSPS) is 12.6. The van der Waals surface area contributed by atoms with Crippen molar-refractivity contribution in [2.75, 3.05) is 25.1 Å². The molecular weight excluding hydrogens is 222 g/mol. The lowest BCUT2D eigenvalue weighted by molar-refractivity contribution is 0.194. The maximum absolute atomic E-state index is 11.2. The lowest BCUT2D eigenvalue weighted by atomic mass is 10.1. The molecule has 0 heterocycles. The Bertz CT molecular complexity index is 256. The summed E-state index contributed by atoms with van der Waals surface area (Å²) in [6, 6.07) is 0.557. The molecule has 0 fully saturated rings. The van der Waals surface area contributed by atoms with Gasteiger partial charge in [-0.1, -0.05) is 33.6 Å². The predicted molar refractivity (Wildman–Crippen MR) is 70.6 cm³/mol. The average molecular weight is 249 g/mol. The molecule has 0 saturated carbocycles. The van der Waals surface area contributed by atoms with Crippen molar-refractivity contribution in [3.63, 3.8) is 0 Å². The van der Waals surface area contributed by atoms with E-state index in [4.69, 9.17) is 0 Å². The quantitative estimate of drug-likeness (QED) is 0.629. The minimum Gasteiger partial charge on any atom is -0.300 e. The monoisotopic (exact) mass is 249 g/mol. The first-order valence-electron chi connectivity index (χ1n) is 6.36. The largest absolute Gasteiger partial charge is 0.300 e. The van der Waals surface area contributed by atoms with E-state index in [-0.39, 0.29) is 5.75 Å². The van der Waals surface area contributed by atoms with Gasteiger partial charge in [0.2, 0.25) is 0 Å². The van der Waals surface area contributed by atoms with Gasteiger partial charge in [-0.3, -0.25) is 4.90 Å². The van der Waals surface area contributed by atoms with Crippen molar-refractivity contribution in [3.8, 4) is 0 Å². The third-order valence-corrected chi connectivity index (χ3v) is 3.84. The van der Waals surface area contributed by atoms with E-state index in [0.717, 1.165) is 6.54 Å². The van der Waals surface area contributed by atoms with E-state index in [1.54, 1.807) is 0 Å². The maximum atomic E-state index is 11.2. The zero-order chi connectivity index (χ0) is 12.6. The Morgan fingerprint density at radius 1 is 1.06 bits per heavy atom. The van der Waals surface area contributed by atoms with Crippen LogP contribution < -0.4 is 0 Å². The molecule has 0 N–H and O–H groups in total. The van der Waals surface area contributed by atoms with Crippen LogP contribution in [-0.4, -0.2) is 44.5 Å². The number of sulfone groups is 1. The van der Waals surface area contributed by atoms with Gasteiger partial charge in [0.05, 0.1) is 5.75 Å². The summed E-state index contributed by atoms with van der Waals surface area (Å²) >= 11 is 0. The molecule has 4 heteroatoms. The molecule has 0 aromatic rings. The lowest BCUT2D eigenvalue weighted by Crippen LogP contribution is -2.38. The van der Waals surface area contributed by atoms with Crippen molar-refractivity contribution >= 4 is 9.84 Å². The molecule has 98 valence electrons. The standard InChI is InChI=1S/C12H27NO2S/c1-5-8-12(9-6-2)13(7-3)10-11-16(4,14)15/h12H,5-11H2,1-4H3. The van der Waals surface area contributed by atoms with E-state index >= 15 is 0 Å². The first-order valence-corrected chi connectivity index (χ1v) is 8.42. The molecule has 0 unspecified atom stereocenters. The lowest BCUT2D eigenvalue weighted by Gasteiger charge is -2.30. The first-order chi connectivity index (χ1) is 7.44. The molecule has 0 aliphatic carbocycles. The van der Waals surface area contributed by atoms with Crippen molar-refractivity contribution in [2.45, 2.75) is 52.5 Å². The fourth-order valence-electron chi connectivity index (χ4n) is 2.06.